The first-order chi connectivity index (χ1) is 16.8. The number of nitrogens with zero attached hydrogens (tertiary/aromatic N) is 2. The molecule has 0 saturated heterocycles. The highest BCUT2D eigenvalue weighted by atomic mass is 35.5. The summed E-state index contributed by atoms with van der Waals surface area (Å²) >= 11 is 19.8. The van der Waals surface area contributed by atoms with E-state index in [-0.39, 0.29) is 6.03 Å². The lowest BCUT2D eigenvalue weighted by atomic mass is 9.79. The van der Waals surface area contributed by atoms with Gasteiger partial charge in [-0.2, -0.15) is 0 Å². The van der Waals surface area contributed by atoms with Gasteiger partial charge in [0.05, 0.1) is 21.4 Å². The maximum atomic E-state index is 13.2. The normalized spacial score (nSPS) is 20.1. The lowest BCUT2D eigenvalue weighted by Crippen LogP contribution is -2.42. The summed E-state index contributed by atoms with van der Waals surface area (Å²) in [6, 6.07) is 18.0. The van der Waals surface area contributed by atoms with E-state index in [0.29, 0.717) is 39.3 Å². The maximum Gasteiger partial charge on any atom is 0.326 e. The van der Waals surface area contributed by atoms with Gasteiger partial charge in [0.25, 0.3) is 0 Å². The number of carbonyl (C=O) groups excluding carboxylic acids is 1. The number of nitrogens with one attached hydrogen (secondary N) is 1. The van der Waals surface area contributed by atoms with E-state index >= 15 is 0 Å². The molecule has 1 saturated carbocycles. The second kappa shape index (κ2) is 10.0. The number of urea groups is 1. The Hall–Kier alpha value is -2.24. The Morgan fingerprint density at radius 1 is 0.857 bits per heavy atom. The molecule has 1 aliphatic carbocycles. The first kappa shape index (κ1) is 24.5. The topological polar surface area (TPSA) is 35.6 Å². The van der Waals surface area contributed by atoms with Crippen molar-refractivity contribution in [2.45, 2.75) is 44.2 Å². The fourth-order valence-electron chi connectivity index (χ4n) is 5.42. The quantitative estimate of drug-likeness (QED) is 0.370. The average Bonchev–Trinajstić information content (AvgIpc) is 2.85. The zero-order chi connectivity index (χ0) is 24.7. The van der Waals surface area contributed by atoms with Gasteiger partial charge in [0.2, 0.25) is 0 Å². The Morgan fingerprint density at radius 3 is 2.17 bits per heavy atom. The molecule has 0 spiro atoms. The van der Waals surface area contributed by atoms with Gasteiger partial charge < -0.3 is 10.2 Å². The van der Waals surface area contributed by atoms with Crippen LogP contribution in [0.15, 0.2) is 54.6 Å². The second-order valence-corrected chi connectivity index (χ2v) is 10.8. The minimum Gasteiger partial charge on any atom is -0.333 e. The third-order valence-electron chi connectivity index (χ3n) is 7.33. The van der Waals surface area contributed by atoms with Crippen LogP contribution in [0, 0.1) is 0 Å². The molecule has 5 rings (SSSR count). The molecule has 1 aliphatic heterocycles. The zero-order valence-corrected chi connectivity index (χ0v) is 22.1. The molecule has 3 aromatic rings. The maximum absolute atomic E-state index is 13.2. The molecule has 1 heterocycles. The van der Waals surface area contributed by atoms with E-state index in [1.54, 1.807) is 23.1 Å². The van der Waals surface area contributed by atoms with Gasteiger partial charge in [0.1, 0.15) is 0 Å². The van der Waals surface area contributed by atoms with Crippen LogP contribution in [0.5, 0.6) is 0 Å². The number of halogens is 3. The number of hydrogen-bond acceptors (Lipinski definition) is 2. The van der Waals surface area contributed by atoms with Crippen molar-refractivity contribution in [3.63, 3.8) is 0 Å². The third-order valence-corrected chi connectivity index (χ3v) is 8.27. The van der Waals surface area contributed by atoms with Crippen molar-refractivity contribution in [1.29, 1.82) is 0 Å². The minimum absolute atomic E-state index is 0.244. The smallest absolute Gasteiger partial charge is 0.326 e. The summed E-state index contributed by atoms with van der Waals surface area (Å²) < 4.78 is 0. The van der Waals surface area contributed by atoms with Gasteiger partial charge in [-0.3, -0.25) is 4.90 Å². The molecular weight excluding hydrogens is 501 g/mol. The number of para-hydroxylation sites is 1. The summed E-state index contributed by atoms with van der Waals surface area (Å²) in [4.78, 5) is 17.2. The molecule has 1 N–H and O–H groups in total. The van der Waals surface area contributed by atoms with E-state index in [1.807, 2.05) is 24.3 Å². The van der Waals surface area contributed by atoms with Gasteiger partial charge >= 0.3 is 6.03 Å². The number of benzene rings is 3. The highest BCUT2D eigenvalue weighted by Gasteiger charge is 2.33. The van der Waals surface area contributed by atoms with Crippen molar-refractivity contribution in [1.82, 2.24) is 10.2 Å². The average molecular weight is 529 g/mol. The van der Waals surface area contributed by atoms with Gasteiger partial charge in [-0.15, -0.1) is 0 Å². The predicted molar refractivity (Wildman–Crippen MR) is 146 cm³/mol. The molecule has 0 aromatic heterocycles. The SMILES string of the molecule is CN(C)C1CCC(c2cc(-c3ccccc3Cl)c3c(c2)N(c2c(Cl)cccc2Cl)C(=O)NC3)CC1. The third kappa shape index (κ3) is 4.65. The van der Waals surface area contributed by atoms with Crippen LogP contribution in [0.4, 0.5) is 16.2 Å². The van der Waals surface area contributed by atoms with Crippen molar-refractivity contribution in [3.8, 4) is 11.1 Å². The summed E-state index contributed by atoms with van der Waals surface area (Å²) in [5.74, 6) is 0.409. The second-order valence-electron chi connectivity index (χ2n) is 9.58. The van der Waals surface area contributed by atoms with Gasteiger partial charge in [0, 0.05) is 28.7 Å². The van der Waals surface area contributed by atoms with Crippen molar-refractivity contribution in [3.05, 3.63) is 80.8 Å². The highest BCUT2D eigenvalue weighted by Crippen LogP contribution is 2.47. The van der Waals surface area contributed by atoms with Gasteiger partial charge in [-0.05, 0) is 81.1 Å². The summed E-state index contributed by atoms with van der Waals surface area (Å²) in [5, 5.41) is 4.55. The molecule has 0 bridgehead atoms. The van der Waals surface area contributed by atoms with Crippen LogP contribution in [-0.2, 0) is 6.54 Å². The Morgan fingerprint density at radius 2 is 1.51 bits per heavy atom. The first-order valence-corrected chi connectivity index (χ1v) is 13.1. The molecule has 1 fully saturated rings. The zero-order valence-electron chi connectivity index (χ0n) is 19.8. The fraction of sp³-hybridized carbons (Fsp3) is 0.321. The van der Waals surface area contributed by atoms with Gasteiger partial charge in [-0.25, -0.2) is 4.79 Å². The van der Waals surface area contributed by atoms with E-state index in [0.717, 1.165) is 48.1 Å². The van der Waals surface area contributed by atoms with Crippen molar-refractivity contribution in [2.24, 2.45) is 0 Å². The standard InChI is InChI=1S/C28H28Cl3N3O/c1-33(2)19-12-10-17(11-13-19)18-14-21(20-6-3-4-7-23(20)29)22-16-32-28(35)34(26(22)15-18)27-24(30)8-5-9-25(27)31/h3-9,14-15,17,19H,10-13,16H2,1-2H3,(H,32,35). The summed E-state index contributed by atoms with van der Waals surface area (Å²) in [7, 11) is 4.31. The van der Waals surface area contributed by atoms with E-state index < -0.39 is 0 Å². The predicted octanol–water partition coefficient (Wildman–Crippen LogP) is 8.26. The van der Waals surface area contributed by atoms with Crippen LogP contribution in [0.25, 0.3) is 11.1 Å². The lowest BCUT2D eigenvalue weighted by Gasteiger charge is -2.36. The molecule has 0 atom stereocenters. The number of fused-ring (bicyclic) bond motifs is 1. The van der Waals surface area contributed by atoms with Crippen LogP contribution in [0.1, 0.15) is 42.7 Å². The van der Waals surface area contributed by atoms with E-state index in [2.05, 4.69) is 36.4 Å². The molecule has 182 valence electrons. The highest BCUT2D eigenvalue weighted by molar-refractivity contribution is 6.40. The van der Waals surface area contributed by atoms with E-state index in [1.165, 1.54) is 5.56 Å². The molecule has 7 heteroatoms. The van der Waals surface area contributed by atoms with Gasteiger partial charge in [-0.1, -0.05) is 65.1 Å². The fourth-order valence-corrected chi connectivity index (χ4v) is 6.23. The molecule has 0 radical (unpaired) electrons. The van der Waals surface area contributed by atoms with Crippen LogP contribution in [-0.4, -0.2) is 31.1 Å². The van der Waals surface area contributed by atoms with Crippen LogP contribution in [0.3, 0.4) is 0 Å². The van der Waals surface area contributed by atoms with E-state index in [4.69, 9.17) is 34.8 Å². The Kier molecular flexibility index (Phi) is 7.00. The molecule has 4 nitrogen and oxygen atoms in total. The first-order valence-electron chi connectivity index (χ1n) is 11.9. The molecule has 0 unspecified atom stereocenters. The minimum atomic E-state index is -0.244. The van der Waals surface area contributed by atoms with Crippen LogP contribution in [0.2, 0.25) is 15.1 Å². The Labute approximate surface area is 221 Å². The number of anilines is 2. The summed E-state index contributed by atoms with van der Waals surface area (Å²) in [6.45, 7) is 0.404. The molecule has 3 aromatic carbocycles. The molecule has 2 amide bonds. The summed E-state index contributed by atoms with van der Waals surface area (Å²) in [6.07, 6.45) is 4.50. The molecule has 2 aliphatic rings. The molecule has 35 heavy (non-hydrogen) atoms. The van der Waals surface area contributed by atoms with Crippen molar-refractivity contribution in [2.75, 3.05) is 19.0 Å². The molecular formula is C28H28Cl3N3O. The lowest BCUT2D eigenvalue weighted by molar-refractivity contribution is 0.216. The number of carbonyl (C=O) groups is 1. The largest absolute Gasteiger partial charge is 0.333 e. The van der Waals surface area contributed by atoms with Crippen molar-refractivity contribution >= 4 is 52.2 Å². The number of amides is 2. The monoisotopic (exact) mass is 527 g/mol. The van der Waals surface area contributed by atoms with E-state index in [9.17, 15) is 4.79 Å². The van der Waals surface area contributed by atoms with Crippen LogP contribution < -0.4 is 10.2 Å². The Bertz CT molecular complexity index is 1250. The number of rotatable bonds is 4. The Balaban J connectivity index is 1.69. The number of hydrogen-bond donors (Lipinski definition) is 1. The summed E-state index contributed by atoms with van der Waals surface area (Å²) in [5.41, 5.74) is 5.51. The van der Waals surface area contributed by atoms with Gasteiger partial charge in [0.15, 0.2) is 0 Å². The van der Waals surface area contributed by atoms with Crippen molar-refractivity contribution < 1.29 is 4.79 Å². The van der Waals surface area contributed by atoms with Crippen LogP contribution >= 0.6 is 34.8 Å².